The van der Waals surface area contributed by atoms with Crippen LogP contribution in [0.3, 0.4) is 0 Å². The van der Waals surface area contributed by atoms with E-state index in [1.165, 1.54) is 99.8 Å². The van der Waals surface area contributed by atoms with Crippen molar-refractivity contribution in [3.05, 3.63) is 228 Å². The molecule has 4 heteroatoms. The summed E-state index contributed by atoms with van der Waals surface area (Å²) in [7, 11) is 0. The number of hydrogen-bond donors (Lipinski definition) is 0. The molecule has 0 N–H and O–H groups in total. The quantitative estimate of drug-likeness (QED) is 0.154. The molecule has 0 atom stereocenters. The van der Waals surface area contributed by atoms with E-state index < -0.39 is 0 Å². The van der Waals surface area contributed by atoms with Gasteiger partial charge in [-0.25, -0.2) is 0 Å². The van der Waals surface area contributed by atoms with Crippen LogP contribution in [-0.4, -0.2) is 11.3 Å². The third kappa shape index (κ3) is 8.42. The molecule has 2 aliphatic heterocycles. The minimum absolute atomic E-state index is 0.0190. The lowest BCUT2D eigenvalue weighted by Crippen LogP contribution is -2.64. The summed E-state index contributed by atoms with van der Waals surface area (Å²) in [5, 5.41) is 2.56. The molecule has 0 fully saturated rings. The molecule has 12 rings (SSSR count). The van der Waals surface area contributed by atoms with Crippen molar-refractivity contribution in [1.82, 2.24) is 4.57 Å². The van der Waals surface area contributed by atoms with Gasteiger partial charge in [-0.15, -0.1) is 0 Å². The van der Waals surface area contributed by atoms with Crippen LogP contribution in [0.25, 0.3) is 38.6 Å². The highest BCUT2D eigenvalue weighted by molar-refractivity contribution is 6.99. The second-order valence-electron chi connectivity index (χ2n) is 26.8. The summed E-state index contributed by atoms with van der Waals surface area (Å²) in [6.45, 7) is 32.9. The average Bonchev–Trinajstić information content (AvgIpc) is 3.96. The summed E-state index contributed by atoms with van der Waals surface area (Å²) >= 11 is 0. The Bertz CT molecular complexity index is 3910. The van der Waals surface area contributed by atoms with Gasteiger partial charge in [0.1, 0.15) is 0 Å². The monoisotopic (exact) mass is 1000 g/mol. The molecule has 3 heterocycles. The number of rotatable bonds is 6. The lowest BCUT2D eigenvalue weighted by atomic mass is 9.30. The molecule has 1 aromatic heterocycles. The largest absolute Gasteiger partial charge is 0.311 e. The van der Waals surface area contributed by atoms with Gasteiger partial charge < -0.3 is 14.4 Å². The van der Waals surface area contributed by atoms with Crippen LogP contribution in [0.2, 0.25) is 0 Å². The number of fused-ring (bicyclic) bond motifs is 7. The third-order valence-corrected chi connectivity index (χ3v) is 17.1. The Morgan fingerprint density at radius 1 is 0.403 bits per heavy atom. The highest BCUT2D eigenvalue weighted by Gasteiger charge is 2.47. The first-order valence-electron chi connectivity index (χ1n) is 28.0. The zero-order valence-corrected chi connectivity index (χ0v) is 47.9. The molecule has 2 aliphatic rings. The topological polar surface area (TPSA) is 11.4 Å². The lowest BCUT2D eigenvalue weighted by molar-refractivity contribution is 0.583. The summed E-state index contributed by atoms with van der Waals surface area (Å²) in [6.07, 6.45) is 0. The number of hydrogen-bond acceptors (Lipinski definition) is 2. The van der Waals surface area contributed by atoms with Crippen LogP contribution < -0.4 is 26.2 Å². The molecule has 0 radical (unpaired) electrons. The Morgan fingerprint density at radius 2 is 0.961 bits per heavy atom. The van der Waals surface area contributed by atoms with Gasteiger partial charge in [-0.05, 0) is 150 Å². The maximum absolute atomic E-state index is 2.62. The van der Waals surface area contributed by atoms with Crippen molar-refractivity contribution in [3.8, 4) is 16.8 Å². The third-order valence-electron chi connectivity index (χ3n) is 17.1. The zero-order chi connectivity index (χ0) is 54.1. The summed E-state index contributed by atoms with van der Waals surface area (Å²) in [5.41, 5.74) is 24.8. The van der Waals surface area contributed by atoms with E-state index in [-0.39, 0.29) is 33.8 Å². The molecule has 3 nitrogen and oxygen atoms in total. The van der Waals surface area contributed by atoms with E-state index in [2.05, 4.69) is 305 Å². The van der Waals surface area contributed by atoms with Gasteiger partial charge in [0.05, 0.1) is 16.7 Å². The molecule has 0 spiro atoms. The van der Waals surface area contributed by atoms with Gasteiger partial charge in [0, 0.05) is 55.9 Å². The number of anilines is 6. The summed E-state index contributed by atoms with van der Waals surface area (Å²) in [5.74, 6) is 0. The molecule has 9 aromatic carbocycles. The first kappa shape index (κ1) is 50.3. The van der Waals surface area contributed by atoms with E-state index in [1.54, 1.807) is 0 Å². The molecular formula is C73H74BN3. The van der Waals surface area contributed by atoms with E-state index >= 15 is 0 Å². The minimum Gasteiger partial charge on any atom is -0.311 e. The van der Waals surface area contributed by atoms with Crippen molar-refractivity contribution in [2.45, 2.75) is 124 Å². The Labute approximate surface area is 459 Å². The Hall–Kier alpha value is -7.56. The number of para-hydroxylation sites is 2. The Kier molecular flexibility index (Phi) is 11.6. The van der Waals surface area contributed by atoms with Gasteiger partial charge >= 0.3 is 0 Å². The fourth-order valence-corrected chi connectivity index (χ4v) is 12.6. The van der Waals surface area contributed by atoms with Gasteiger partial charge in [0.2, 0.25) is 6.71 Å². The zero-order valence-electron chi connectivity index (χ0n) is 47.9. The lowest BCUT2D eigenvalue weighted by Gasteiger charge is -2.46. The van der Waals surface area contributed by atoms with Gasteiger partial charge in [-0.1, -0.05) is 218 Å². The van der Waals surface area contributed by atoms with Crippen LogP contribution in [0.1, 0.15) is 130 Å². The minimum atomic E-state index is -0.373. The first-order chi connectivity index (χ1) is 36.5. The number of nitrogens with zero attached hydrogens (tertiary/aromatic N) is 3. The van der Waals surface area contributed by atoms with E-state index in [0.29, 0.717) is 0 Å². The van der Waals surface area contributed by atoms with Gasteiger partial charge in [-0.2, -0.15) is 0 Å². The summed E-state index contributed by atoms with van der Waals surface area (Å²) in [6, 6.07) is 74.4. The van der Waals surface area contributed by atoms with E-state index in [9.17, 15) is 0 Å². The molecule has 0 bridgehead atoms. The molecular weight excluding hydrogens is 930 g/mol. The Morgan fingerprint density at radius 3 is 1.60 bits per heavy atom. The number of benzene rings is 9. The predicted octanol–water partition coefficient (Wildman–Crippen LogP) is 18.0. The predicted molar refractivity (Wildman–Crippen MR) is 334 cm³/mol. The maximum atomic E-state index is 2.62. The van der Waals surface area contributed by atoms with Crippen LogP contribution in [-0.2, 0) is 27.1 Å². The summed E-state index contributed by atoms with van der Waals surface area (Å²) < 4.78 is 2.50. The molecule has 0 aliphatic carbocycles. The van der Waals surface area contributed by atoms with Crippen molar-refractivity contribution < 1.29 is 0 Å². The second-order valence-corrected chi connectivity index (χ2v) is 26.8. The van der Waals surface area contributed by atoms with Crippen LogP contribution in [0.15, 0.2) is 194 Å². The average molecular weight is 1000 g/mol. The fraction of sp³-hybridized carbons (Fsp3) is 0.260. The van der Waals surface area contributed by atoms with Crippen molar-refractivity contribution in [2.24, 2.45) is 0 Å². The van der Waals surface area contributed by atoms with Crippen LogP contribution in [0.4, 0.5) is 34.1 Å². The molecule has 0 saturated carbocycles. The van der Waals surface area contributed by atoms with Crippen LogP contribution >= 0.6 is 0 Å². The molecule has 0 saturated heterocycles. The smallest absolute Gasteiger partial charge is 0.247 e. The highest BCUT2D eigenvalue weighted by Crippen LogP contribution is 2.49. The summed E-state index contributed by atoms with van der Waals surface area (Å²) in [4.78, 5) is 5.13. The fourth-order valence-electron chi connectivity index (χ4n) is 12.6. The van der Waals surface area contributed by atoms with Crippen molar-refractivity contribution in [3.63, 3.8) is 0 Å². The maximum Gasteiger partial charge on any atom is 0.247 e. The Balaban J connectivity index is 1.17. The molecule has 384 valence electrons. The van der Waals surface area contributed by atoms with Gasteiger partial charge in [0.15, 0.2) is 0 Å². The van der Waals surface area contributed by atoms with Gasteiger partial charge in [-0.3, -0.25) is 0 Å². The van der Waals surface area contributed by atoms with E-state index in [1.807, 2.05) is 0 Å². The van der Waals surface area contributed by atoms with E-state index in [0.717, 1.165) is 22.7 Å². The second kappa shape index (κ2) is 17.7. The van der Waals surface area contributed by atoms with Crippen molar-refractivity contribution >= 4 is 79.0 Å². The van der Waals surface area contributed by atoms with Crippen LogP contribution in [0, 0.1) is 0 Å². The first-order valence-corrected chi connectivity index (χ1v) is 28.0. The molecule has 0 unspecified atom stereocenters. The number of aromatic nitrogens is 1. The molecule has 77 heavy (non-hydrogen) atoms. The van der Waals surface area contributed by atoms with Crippen LogP contribution in [0.5, 0.6) is 0 Å². The van der Waals surface area contributed by atoms with Crippen molar-refractivity contribution in [2.75, 3.05) is 9.80 Å². The van der Waals surface area contributed by atoms with Gasteiger partial charge in [0.25, 0.3) is 0 Å². The van der Waals surface area contributed by atoms with Crippen molar-refractivity contribution in [1.29, 1.82) is 0 Å². The normalized spacial score (nSPS) is 14.2. The SMILES string of the molecule is CC(C)(C)c1ccc(N(c2ccc3c(c2)C(C)(C)c2cc(C(C)(C)C)cc4c2B3c2cc3c5cc(C(C)(C)C)ccc5n(-c5ccccc5)c3cc2N4c2ccc(C(C)(C)C)cc2)c2ccccc2-c2ccccc2)cc1. The molecule has 10 aromatic rings. The van der Waals surface area contributed by atoms with E-state index in [4.69, 9.17) is 0 Å². The molecule has 0 amide bonds. The standard InChI is InChI=1S/C73H74BN3/c1-69(2,3)48-29-34-53(35-30-48)75(63-28-22-21-27-56(63)47-23-17-15-18-24-47)55-38-39-61-59(44-55)73(13,14)60-42-51(72(10,11)12)43-67-68(60)74(61)62-45-58-57-41-50(71(7,8)9)33-40-64(57)76(52-25-19-16-20-26-52)65(58)46-66(62)77(67)54-36-31-49(32-37-54)70(4,5)6/h15-46H,1-14H3. The highest BCUT2D eigenvalue weighted by atomic mass is 15.2.